The highest BCUT2D eigenvalue weighted by molar-refractivity contribution is 6.09. The second-order valence-electron chi connectivity index (χ2n) is 6.96. The number of para-hydroxylation sites is 2. The number of esters is 2. The number of H-pyrrole nitrogens is 2. The van der Waals surface area contributed by atoms with Gasteiger partial charge in [0, 0.05) is 17.8 Å². The standard InChI is InChI=1S/C22H23N3O6/c1-4-30-22(29)20-13(3)23-12(2)19(20)17(26)11-31-18(27)10-9-16-21(28)25-15-8-6-5-7-14(15)24-16/h5-8,23H,4,9-11H2,1-3H3,(H,25,28). The Bertz CT molecular complexity index is 1210. The number of carbonyl (C=O) groups is 3. The Balaban J connectivity index is 1.63. The van der Waals surface area contributed by atoms with Gasteiger partial charge in [-0.3, -0.25) is 14.4 Å². The van der Waals surface area contributed by atoms with Gasteiger partial charge in [0.25, 0.3) is 5.56 Å². The fourth-order valence-corrected chi connectivity index (χ4v) is 3.34. The number of aryl methyl sites for hydroxylation is 3. The van der Waals surface area contributed by atoms with Gasteiger partial charge in [-0.05, 0) is 32.9 Å². The Morgan fingerprint density at radius 2 is 1.71 bits per heavy atom. The highest BCUT2D eigenvalue weighted by atomic mass is 16.5. The Labute approximate surface area is 177 Å². The molecular formula is C22H23N3O6. The number of fused-ring (bicyclic) bond motifs is 1. The third-order valence-electron chi connectivity index (χ3n) is 4.73. The predicted octanol–water partition coefficient (Wildman–Crippen LogP) is 2.40. The Hall–Kier alpha value is -3.75. The van der Waals surface area contributed by atoms with Crippen LogP contribution in [0.5, 0.6) is 0 Å². The minimum atomic E-state index is -0.648. The van der Waals surface area contributed by atoms with Gasteiger partial charge in [-0.2, -0.15) is 0 Å². The summed E-state index contributed by atoms with van der Waals surface area (Å²) in [6.07, 6.45) is -0.0405. The van der Waals surface area contributed by atoms with Crippen LogP contribution in [-0.2, 0) is 20.7 Å². The molecule has 0 radical (unpaired) electrons. The first-order chi connectivity index (χ1) is 14.8. The fraction of sp³-hybridized carbons (Fsp3) is 0.318. The van der Waals surface area contributed by atoms with E-state index in [1.165, 1.54) is 0 Å². The monoisotopic (exact) mass is 425 g/mol. The van der Waals surface area contributed by atoms with E-state index < -0.39 is 24.3 Å². The molecule has 9 nitrogen and oxygen atoms in total. The van der Waals surface area contributed by atoms with E-state index in [0.717, 1.165) is 0 Å². The maximum atomic E-state index is 12.6. The van der Waals surface area contributed by atoms with Crippen LogP contribution in [0.1, 0.15) is 51.1 Å². The molecule has 2 heterocycles. The number of Topliss-reactive ketones (excluding diaryl/α,β-unsaturated/α-hetero) is 1. The molecule has 162 valence electrons. The van der Waals surface area contributed by atoms with E-state index in [1.54, 1.807) is 45.0 Å². The Kier molecular flexibility index (Phi) is 6.64. The maximum Gasteiger partial charge on any atom is 0.340 e. The van der Waals surface area contributed by atoms with Gasteiger partial charge < -0.3 is 19.4 Å². The number of rotatable bonds is 8. The summed E-state index contributed by atoms with van der Waals surface area (Å²) in [5.74, 6) is -1.77. The smallest absolute Gasteiger partial charge is 0.340 e. The number of aromatic nitrogens is 3. The third-order valence-corrected chi connectivity index (χ3v) is 4.73. The van der Waals surface area contributed by atoms with Crippen LogP contribution in [0.3, 0.4) is 0 Å². The molecule has 1 aromatic carbocycles. The minimum absolute atomic E-state index is 0.0730. The van der Waals surface area contributed by atoms with Crippen LogP contribution in [0.4, 0.5) is 0 Å². The van der Waals surface area contributed by atoms with Gasteiger partial charge in [0.05, 0.1) is 35.2 Å². The van der Waals surface area contributed by atoms with Crippen molar-refractivity contribution in [2.24, 2.45) is 0 Å². The van der Waals surface area contributed by atoms with Gasteiger partial charge >= 0.3 is 11.9 Å². The van der Waals surface area contributed by atoms with Crippen LogP contribution in [-0.4, -0.2) is 45.9 Å². The van der Waals surface area contributed by atoms with E-state index >= 15 is 0 Å². The van der Waals surface area contributed by atoms with Crippen LogP contribution in [0.15, 0.2) is 29.1 Å². The van der Waals surface area contributed by atoms with Gasteiger partial charge in [0.2, 0.25) is 5.78 Å². The molecule has 0 fully saturated rings. The predicted molar refractivity (Wildman–Crippen MR) is 112 cm³/mol. The lowest BCUT2D eigenvalue weighted by molar-refractivity contribution is -0.142. The lowest BCUT2D eigenvalue weighted by Gasteiger charge is -2.07. The average molecular weight is 425 g/mol. The number of aromatic amines is 2. The zero-order valence-corrected chi connectivity index (χ0v) is 17.5. The summed E-state index contributed by atoms with van der Waals surface area (Å²) >= 11 is 0. The number of ketones is 1. The molecule has 0 aliphatic rings. The van der Waals surface area contributed by atoms with Crippen molar-refractivity contribution in [2.45, 2.75) is 33.6 Å². The van der Waals surface area contributed by atoms with Crippen molar-refractivity contribution in [1.29, 1.82) is 0 Å². The molecule has 2 N–H and O–H groups in total. The summed E-state index contributed by atoms with van der Waals surface area (Å²) in [5.41, 5.74) is 2.36. The number of hydrogen-bond donors (Lipinski definition) is 2. The maximum absolute atomic E-state index is 12.6. The van der Waals surface area contributed by atoms with E-state index in [4.69, 9.17) is 9.47 Å². The fourth-order valence-electron chi connectivity index (χ4n) is 3.34. The van der Waals surface area contributed by atoms with Gasteiger partial charge in [-0.25, -0.2) is 9.78 Å². The summed E-state index contributed by atoms with van der Waals surface area (Å²) in [5, 5.41) is 0. The van der Waals surface area contributed by atoms with E-state index in [0.29, 0.717) is 22.4 Å². The van der Waals surface area contributed by atoms with Crippen molar-refractivity contribution in [3.8, 4) is 0 Å². The molecule has 0 aliphatic carbocycles. The second-order valence-corrected chi connectivity index (χ2v) is 6.96. The third kappa shape index (κ3) is 4.88. The van der Waals surface area contributed by atoms with Crippen LogP contribution in [0.2, 0.25) is 0 Å². The first kappa shape index (κ1) is 21.9. The average Bonchev–Trinajstić information content (AvgIpc) is 3.04. The van der Waals surface area contributed by atoms with E-state index in [9.17, 15) is 19.2 Å². The second kappa shape index (κ2) is 9.38. The number of carbonyl (C=O) groups excluding carboxylic acids is 3. The topological polar surface area (TPSA) is 131 Å². The summed E-state index contributed by atoms with van der Waals surface area (Å²) in [4.78, 5) is 59.0. The number of nitrogens with zero attached hydrogens (tertiary/aromatic N) is 1. The van der Waals surface area contributed by atoms with E-state index in [-0.39, 0.29) is 41.8 Å². The molecule has 0 unspecified atom stereocenters. The molecular weight excluding hydrogens is 402 g/mol. The quantitative estimate of drug-likeness (QED) is 0.418. The molecule has 0 aliphatic heterocycles. The Morgan fingerprint density at radius 3 is 2.45 bits per heavy atom. The van der Waals surface area contributed by atoms with Crippen LogP contribution in [0.25, 0.3) is 11.0 Å². The highest BCUT2D eigenvalue weighted by Crippen LogP contribution is 2.20. The molecule has 0 bridgehead atoms. The van der Waals surface area contributed by atoms with Crippen LogP contribution in [0, 0.1) is 13.8 Å². The van der Waals surface area contributed by atoms with Crippen molar-refractivity contribution in [1.82, 2.24) is 15.0 Å². The zero-order valence-electron chi connectivity index (χ0n) is 17.5. The Morgan fingerprint density at radius 1 is 1.00 bits per heavy atom. The van der Waals surface area contributed by atoms with Crippen LogP contribution >= 0.6 is 0 Å². The summed E-state index contributed by atoms with van der Waals surface area (Å²) in [6, 6.07) is 7.08. The SMILES string of the molecule is CCOC(=O)c1c(C)[nH]c(C)c1C(=O)COC(=O)CCc1nc2ccccc2[nH]c1=O. The molecule has 0 atom stereocenters. The molecule has 0 spiro atoms. The summed E-state index contributed by atoms with van der Waals surface area (Å²) in [6.45, 7) is 4.64. The van der Waals surface area contributed by atoms with Gasteiger partial charge in [-0.1, -0.05) is 12.1 Å². The minimum Gasteiger partial charge on any atom is -0.462 e. The molecule has 0 saturated carbocycles. The largest absolute Gasteiger partial charge is 0.462 e. The van der Waals surface area contributed by atoms with Gasteiger partial charge in [0.1, 0.15) is 5.69 Å². The zero-order chi connectivity index (χ0) is 22.5. The van der Waals surface area contributed by atoms with Gasteiger partial charge in [0.15, 0.2) is 6.61 Å². The molecule has 0 saturated heterocycles. The van der Waals surface area contributed by atoms with E-state index in [2.05, 4.69) is 15.0 Å². The molecule has 31 heavy (non-hydrogen) atoms. The summed E-state index contributed by atoms with van der Waals surface area (Å²) < 4.78 is 10.1. The lowest BCUT2D eigenvalue weighted by atomic mass is 10.1. The lowest BCUT2D eigenvalue weighted by Crippen LogP contribution is -2.20. The molecule has 9 heteroatoms. The molecule has 3 aromatic rings. The first-order valence-electron chi connectivity index (χ1n) is 9.84. The van der Waals surface area contributed by atoms with Crippen molar-refractivity contribution in [3.05, 3.63) is 62.8 Å². The van der Waals surface area contributed by atoms with Crippen molar-refractivity contribution < 1.29 is 23.9 Å². The summed E-state index contributed by atoms with van der Waals surface area (Å²) in [7, 11) is 0. The number of benzene rings is 1. The highest BCUT2D eigenvalue weighted by Gasteiger charge is 2.26. The normalized spacial score (nSPS) is 10.8. The molecule has 3 rings (SSSR count). The molecule has 0 amide bonds. The first-order valence-corrected chi connectivity index (χ1v) is 9.84. The van der Waals surface area contributed by atoms with Crippen molar-refractivity contribution in [2.75, 3.05) is 13.2 Å². The molecule has 2 aromatic heterocycles. The number of nitrogens with one attached hydrogen (secondary N) is 2. The van der Waals surface area contributed by atoms with Gasteiger partial charge in [-0.15, -0.1) is 0 Å². The number of hydrogen-bond acceptors (Lipinski definition) is 7. The number of ether oxygens (including phenoxy) is 2. The van der Waals surface area contributed by atoms with Crippen LogP contribution < -0.4 is 5.56 Å². The van der Waals surface area contributed by atoms with Crippen molar-refractivity contribution >= 4 is 28.8 Å². The van der Waals surface area contributed by atoms with E-state index in [1.807, 2.05) is 0 Å². The van der Waals surface area contributed by atoms with Crippen molar-refractivity contribution in [3.63, 3.8) is 0 Å².